The second-order valence-electron chi connectivity index (χ2n) is 6.39. The van der Waals surface area contributed by atoms with E-state index in [1.807, 2.05) is 30.3 Å². The molecule has 25 heavy (non-hydrogen) atoms. The summed E-state index contributed by atoms with van der Waals surface area (Å²) in [5.74, 6) is -0.543. The summed E-state index contributed by atoms with van der Waals surface area (Å²) in [5.41, 5.74) is 0.365. The lowest BCUT2D eigenvalue weighted by atomic mass is 10.2. The Labute approximate surface area is 157 Å². The van der Waals surface area contributed by atoms with Crippen LogP contribution in [0.3, 0.4) is 0 Å². The maximum Gasteiger partial charge on any atom is 0.408 e. The van der Waals surface area contributed by atoms with Gasteiger partial charge in [-0.2, -0.15) is 0 Å². The fourth-order valence-corrected chi connectivity index (χ4v) is 2.46. The summed E-state index contributed by atoms with van der Waals surface area (Å²) in [4.78, 5) is 23.7. The number of amides is 1. The Balaban J connectivity index is 2.61. The van der Waals surface area contributed by atoms with Gasteiger partial charge in [0.1, 0.15) is 11.6 Å². The highest BCUT2D eigenvalue weighted by Crippen LogP contribution is 2.13. The monoisotopic (exact) mass is 415 g/mol. The lowest BCUT2D eigenvalue weighted by Gasteiger charge is -2.25. The third-order valence-corrected chi connectivity index (χ3v) is 3.76. The van der Waals surface area contributed by atoms with Gasteiger partial charge < -0.3 is 19.5 Å². The van der Waals surface area contributed by atoms with Crippen LogP contribution >= 0.6 is 15.9 Å². The number of alkyl halides is 1. The molecular weight excluding hydrogens is 390 g/mol. The zero-order valence-electron chi connectivity index (χ0n) is 15.1. The van der Waals surface area contributed by atoms with Crippen molar-refractivity contribution in [3.05, 3.63) is 35.9 Å². The minimum Gasteiger partial charge on any atom is -0.464 e. The molecule has 0 radical (unpaired) electrons. The molecule has 6 nitrogen and oxygen atoms in total. The third kappa shape index (κ3) is 8.88. The maximum atomic E-state index is 12.1. The highest BCUT2D eigenvalue weighted by atomic mass is 79.9. The number of hydrogen-bond acceptors (Lipinski definition) is 5. The number of nitrogens with one attached hydrogen (secondary N) is 1. The predicted molar refractivity (Wildman–Crippen MR) is 98.6 cm³/mol. The van der Waals surface area contributed by atoms with Crippen molar-refractivity contribution in [3.8, 4) is 0 Å². The van der Waals surface area contributed by atoms with Crippen molar-refractivity contribution in [1.29, 1.82) is 0 Å². The lowest BCUT2D eigenvalue weighted by Crippen LogP contribution is -2.50. The van der Waals surface area contributed by atoms with Crippen molar-refractivity contribution in [1.82, 2.24) is 5.32 Å². The van der Waals surface area contributed by atoms with E-state index >= 15 is 0 Å². The summed E-state index contributed by atoms with van der Waals surface area (Å²) in [6.45, 7) is 7.80. The van der Waals surface area contributed by atoms with Gasteiger partial charge in [0.15, 0.2) is 0 Å². The first kappa shape index (κ1) is 21.4. The molecule has 0 fully saturated rings. The Kier molecular flexibility index (Phi) is 8.92. The topological polar surface area (TPSA) is 73.9 Å². The number of benzene rings is 1. The van der Waals surface area contributed by atoms with Gasteiger partial charge >= 0.3 is 12.1 Å². The average molecular weight is 416 g/mol. The van der Waals surface area contributed by atoms with Crippen molar-refractivity contribution < 1.29 is 23.8 Å². The molecule has 0 aromatic heterocycles. The molecular formula is C18H26BrNO5. The normalized spacial score (nSPS) is 13.6. The van der Waals surface area contributed by atoms with Crippen molar-refractivity contribution >= 4 is 28.0 Å². The van der Waals surface area contributed by atoms with Crippen LogP contribution in [0.4, 0.5) is 4.79 Å². The number of halogens is 1. The van der Waals surface area contributed by atoms with Gasteiger partial charge in [-0.3, -0.25) is 0 Å². The third-order valence-electron chi connectivity index (χ3n) is 2.96. The second-order valence-corrected chi connectivity index (χ2v) is 7.57. The van der Waals surface area contributed by atoms with Gasteiger partial charge in [-0.1, -0.05) is 46.3 Å². The highest BCUT2D eigenvalue weighted by Gasteiger charge is 2.31. The van der Waals surface area contributed by atoms with E-state index < -0.39 is 28.5 Å². The summed E-state index contributed by atoms with van der Waals surface area (Å²) >= 11 is 3.40. The zero-order valence-corrected chi connectivity index (χ0v) is 16.7. The summed E-state index contributed by atoms with van der Waals surface area (Å²) in [6.07, 6.45) is -0.682. The Bertz CT molecular complexity index is 544. The smallest absolute Gasteiger partial charge is 0.408 e. The standard InChI is InChI=1S/C18H26BrNO5/c1-5-24-16(21)15(20-17(22)25-18(2,3)4)14(19)12-23-11-13-9-7-6-8-10-13/h6-10,14-15H,5,11-12H2,1-4H3,(H,20,22)/t14-,15-/m1/s1. The summed E-state index contributed by atoms with van der Waals surface area (Å²) in [6, 6.07) is 8.77. The van der Waals surface area contributed by atoms with Crippen LogP contribution in [0.25, 0.3) is 0 Å². The van der Waals surface area contributed by atoms with Gasteiger partial charge in [0.2, 0.25) is 0 Å². The molecule has 1 rings (SSSR count). The fraction of sp³-hybridized carbons (Fsp3) is 0.556. The number of carbonyl (C=O) groups is 2. The van der Waals surface area contributed by atoms with Crippen LogP contribution in [0.2, 0.25) is 0 Å². The van der Waals surface area contributed by atoms with Crippen molar-refractivity contribution in [2.24, 2.45) is 0 Å². The molecule has 1 aromatic rings. The predicted octanol–water partition coefficient (Wildman–Crippen LogP) is 3.42. The van der Waals surface area contributed by atoms with Crippen LogP contribution in [0.15, 0.2) is 30.3 Å². The molecule has 0 aliphatic rings. The van der Waals surface area contributed by atoms with Crippen LogP contribution < -0.4 is 5.32 Å². The van der Waals surface area contributed by atoms with E-state index in [-0.39, 0.29) is 13.2 Å². The Morgan fingerprint density at radius 1 is 1.20 bits per heavy atom. The highest BCUT2D eigenvalue weighted by molar-refractivity contribution is 9.09. The van der Waals surface area contributed by atoms with Gasteiger partial charge in [0.25, 0.3) is 0 Å². The van der Waals surface area contributed by atoms with Gasteiger partial charge in [0, 0.05) is 0 Å². The number of rotatable bonds is 8. The van der Waals surface area contributed by atoms with E-state index in [2.05, 4.69) is 21.2 Å². The van der Waals surface area contributed by atoms with Crippen LogP contribution in [-0.4, -0.2) is 41.7 Å². The fourth-order valence-electron chi connectivity index (χ4n) is 1.92. The second kappa shape index (κ2) is 10.4. The number of carbonyl (C=O) groups excluding carboxylic acids is 2. The summed E-state index contributed by atoms with van der Waals surface area (Å²) in [5, 5.41) is 2.54. The van der Waals surface area contributed by atoms with Crippen LogP contribution in [0, 0.1) is 0 Å². The van der Waals surface area contributed by atoms with Crippen LogP contribution in [0.1, 0.15) is 33.3 Å². The average Bonchev–Trinajstić information content (AvgIpc) is 2.52. The minimum absolute atomic E-state index is 0.216. The molecule has 0 saturated carbocycles. The lowest BCUT2D eigenvalue weighted by molar-refractivity contribution is -0.145. The van der Waals surface area contributed by atoms with Crippen molar-refractivity contribution in [2.45, 2.75) is 50.8 Å². The Morgan fingerprint density at radius 3 is 2.40 bits per heavy atom. The van der Waals surface area contributed by atoms with Crippen LogP contribution in [-0.2, 0) is 25.6 Å². The Morgan fingerprint density at radius 2 is 1.84 bits per heavy atom. The van der Waals surface area contributed by atoms with E-state index in [9.17, 15) is 9.59 Å². The van der Waals surface area contributed by atoms with E-state index in [1.165, 1.54) is 0 Å². The number of esters is 1. The van der Waals surface area contributed by atoms with Crippen LogP contribution in [0.5, 0.6) is 0 Å². The molecule has 0 saturated heterocycles. The van der Waals surface area contributed by atoms with E-state index in [4.69, 9.17) is 14.2 Å². The first-order valence-electron chi connectivity index (χ1n) is 8.15. The van der Waals surface area contributed by atoms with Crippen molar-refractivity contribution in [3.63, 3.8) is 0 Å². The van der Waals surface area contributed by atoms with Gasteiger partial charge in [-0.25, -0.2) is 9.59 Å². The molecule has 7 heteroatoms. The molecule has 1 amide bonds. The summed E-state index contributed by atoms with van der Waals surface area (Å²) in [7, 11) is 0. The molecule has 140 valence electrons. The minimum atomic E-state index is -0.912. The van der Waals surface area contributed by atoms with Crippen molar-refractivity contribution in [2.75, 3.05) is 13.2 Å². The van der Waals surface area contributed by atoms with E-state index in [1.54, 1.807) is 27.7 Å². The number of alkyl carbamates (subject to hydrolysis) is 1. The first-order valence-corrected chi connectivity index (χ1v) is 9.06. The molecule has 0 bridgehead atoms. The molecule has 1 aromatic carbocycles. The Hall–Kier alpha value is -1.60. The molecule has 1 N–H and O–H groups in total. The molecule has 0 aliphatic carbocycles. The van der Waals surface area contributed by atoms with Gasteiger partial charge in [-0.05, 0) is 33.3 Å². The molecule has 2 atom stereocenters. The molecule has 0 unspecified atom stereocenters. The molecule has 0 heterocycles. The zero-order chi connectivity index (χ0) is 18.9. The molecule has 0 spiro atoms. The van der Waals surface area contributed by atoms with E-state index in [0.717, 1.165) is 5.56 Å². The van der Waals surface area contributed by atoms with Gasteiger partial charge in [-0.15, -0.1) is 0 Å². The summed E-state index contributed by atoms with van der Waals surface area (Å²) < 4.78 is 15.9. The quantitative estimate of drug-likeness (QED) is 0.519. The molecule has 0 aliphatic heterocycles. The SMILES string of the molecule is CCOC(=O)[C@H](NC(=O)OC(C)(C)C)[C@H](Br)COCc1ccccc1. The largest absolute Gasteiger partial charge is 0.464 e. The first-order chi connectivity index (χ1) is 11.7. The number of ether oxygens (including phenoxy) is 3. The van der Waals surface area contributed by atoms with E-state index in [0.29, 0.717) is 6.61 Å². The van der Waals surface area contributed by atoms with Gasteiger partial charge in [0.05, 0.1) is 24.6 Å². The maximum absolute atomic E-state index is 12.1. The number of hydrogen-bond donors (Lipinski definition) is 1.